The molecule has 24 heavy (non-hydrogen) atoms. The van der Waals surface area contributed by atoms with Crippen LogP contribution in [0, 0.1) is 0 Å². The number of hydrogen-bond acceptors (Lipinski definition) is 5. The highest BCUT2D eigenvalue weighted by Gasteiger charge is 2.09. The van der Waals surface area contributed by atoms with Crippen LogP contribution in [-0.4, -0.2) is 17.6 Å². The topological polar surface area (TPSA) is 88.8 Å². The van der Waals surface area contributed by atoms with Crippen molar-refractivity contribution in [3.63, 3.8) is 0 Å². The fourth-order valence-corrected chi connectivity index (χ4v) is 2.25. The quantitative estimate of drug-likeness (QED) is 0.560. The molecule has 0 bridgehead atoms. The van der Waals surface area contributed by atoms with Gasteiger partial charge in [0.05, 0.1) is 5.69 Å². The first-order valence-corrected chi connectivity index (χ1v) is 7.34. The fourth-order valence-electron chi connectivity index (χ4n) is 2.07. The number of carbonyl (C=O) groups is 1. The Balaban J connectivity index is 1.67. The molecule has 6 nitrogen and oxygen atoms in total. The minimum Gasteiger partial charge on any atom is -0.506 e. The number of aromatic hydroxyl groups is 1. The number of rotatable bonds is 4. The van der Waals surface area contributed by atoms with Crippen molar-refractivity contribution in [2.24, 2.45) is 0 Å². The molecule has 0 aliphatic carbocycles. The van der Waals surface area contributed by atoms with Crippen molar-refractivity contribution in [1.82, 2.24) is 0 Å². The largest absolute Gasteiger partial charge is 0.506 e. The van der Waals surface area contributed by atoms with E-state index in [1.54, 1.807) is 18.2 Å². The Morgan fingerprint density at radius 2 is 1.96 bits per heavy atom. The molecule has 2 N–H and O–H groups in total. The lowest BCUT2D eigenvalue weighted by Gasteiger charge is -2.09. The number of benzene rings is 2. The van der Waals surface area contributed by atoms with E-state index in [0.29, 0.717) is 16.4 Å². The van der Waals surface area contributed by atoms with Crippen molar-refractivity contribution in [1.29, 1.82) is 0 Å². The second kappa shape index (κ2) is 6.64. The van der Waals surface area contributed by atoms with Crippen molar-refractivity contribution in [3.05, 3.63) is 64.0 Å². The van der Waals surface area contributed by atoms with Gasteiger partial charge in [-0.1, -0.05) is 11.6 Å². The van der Waals surface area contributed by atoms with Crippen LogP contribution in [0.25, 0.3) is 11.0 Å². The zero-order valence-electron chi connectivity index (χ0n) is 12.3. The predicted molar refractivity (Wildman–Crippen MR) is 89.7 cm³/mol. The number of phenolic OH excluding ortho intramolecular Hbond substituents is 1. The van der Waals surface area contributed by atoms with Gasteiger partial charge in [0.1, 0.15) is 17.1 Å². The van der Waals surface area contributed by atoms with Gasteiger partial charge in [0.25, 0.3) is 5.91 Å². The summed E-state index contributed by atoms with van der Waals surface area (Å²) in [7, 11) is 0. The molecule has 0 fully saturated rings. The summed E-state index contributed by atoms with van der Waals surface area (Å²) in [6.07, 6.45) is 0. The third-order valence-electron chi connectivity index (χ3n) is 3.20. The summed E-state index contributed by atoms with van der Waals surface area (Å²) >= 11 is 5.81. The Kier molecular flexibility index (Phi) is 4.39. The Bertz CT molecular complexity index is 967. The normalized spacial score (nSPS) is 10.5. The summed E-state index contributed by atoms with van der Waals surface area (Å²) in [5.74, 6) is -0.190. The number of amides is 1. The molecule has 0 spiro atoms. The number of anilines is 1. The van der Waals surface area contributed by atoms with Gasteiger partial charge in [-0.05, 0) is 36.4 Å². The maximum Gasteiger partial charge on any atom is 0.336 e. The number of phenols is 1. The average Bonchev–Trinajstić information content (AvgIpc) is 2.56. The molecule has 1 heterocycles. The van der Waals surface area contributed by atoms with E-state index >= 15 is 0 Å². The monoisotopic (exact) mass is 345 g/mol. The molecule has 0 unspecified atom stereocenters. The first kappa shape index (κ1) is 15.9. The molecule has 0 aliphatic heterocycles. The first-order valence-electron chi connectivity index (χ1n) is 6.96. The molecule has 1 amide bonds. The van der Waals surface area contributed by atoms with Crippen LogP contribution < -0.4 is 15.7 Å². The molecule has 0 saturated heterocycles. The van der Waals surface area contributed by atoms with Crippen molar-refractivity contribution < 1.29 is 19.1 Å². The summed E-state index contributed by atoms with van der Waals surface area (Å²) in [4.78, 5) is 23.1. The lowest BCUT2D eigenvalue weighted by molar-refractivity contribution is -0.118. The number of halogens is 1. The van der Waals surface area contributed by atoms with Gasteiger partial charge in [-0.2, -0.15) is 0 Å². The Morgan fingerprint density at radius 1 is 1.17 bits per heavy atom. The van der Waals surface area contributed by atoms with Gasteiger partial charge in [-0.15, -0.1) is 0 Å². The fraction of sp³-hybridized carbons (Fsp3) is 0.0588. The van der Waals surface area contributed by atoms with Gasteiger partial charge in [-0.3, -0.25) is 4.79 Å². The van der Waals surface area contributed by atoms with E-state index in [9.17, 15) is 14.7 Å². The van der Waals surface area contributed by atoms with Crippen LogP contribution in [0.3, 0.4) is 0 Å². The zero-order valence-corrected chi connectivity index (χ0v) is 13.0. The molecule has 3 rings (SSSR count). The van der Waals surface area contributed by atoms with Crippen LogP contribution in [0.15, 0.2) is 57.7 Å². The highest BCUT2D eigenvalue weighted by atomic mass is 35.5. The van der Waals surface area contributed by atoms with Crippen LogP contribution in [0.5, 0.6) is 11.5 Å². The molecular formula is C17H12ClNO5. The summed E-state index contributed by atoms with van der Waals surface area (Å²) in [5, 5.41) is 13.3. The van der Waals surface area contributed by atoms with E-state index in [4.69, 9.17) is 20.8 Å². The SMILES string of the molecule is O=C(COc1ccc2ccc(=O)oc2c1)Nc1cc(Cl)ccc1O. The first-order chi connectivity index (χ1) is 11.5. The van der Waals surface area contributed by atoms with Crippen LogP contribution in [0.4, 0.5) is 5.69 Å². The third kappa shape index (κ3) is 3.67. The Labute approximate surface area is 141 Å². The number of carbonyl (C=O) groups excluding carboxylic acids is 1. The van der Waals surface area contributed by atoms with Gasteiger partial charge in [-0.25, -0.2) is 4.79 Å². The molecular weight excluding hydrogens is 334 g/mol. The van der Waals surface area contributed by atoms with Gasteiger partial charge >= 0.3 is 5.63 Å². The van der Waals surface area contributed by atoms with Gasteiger partial charge < -0.3 is 19.6 Å². The second-order valence-corrected chi connectivity index (χ2v) is 5.39. The van der Waals surface area contributed by atoms with Gasteiger partial charge in [0.2, 0.25) is 0 Å². The lowest BCUT2D eigenvalue weighted by Crippen LogP contribution is -2.20. The van der Waals surface area contributed by atoms with E-state index < -0.39 is 11.5 Å². The summed E-state index contributed by atoms with van der Waals surface area (Å²) in [6.45, 7) is -0.283. The van der Waals surface area contributed by atoms with E-state index in [1.165, 1.54) is 30.3 Å². The van der Waals surface area contributed by atoms with Crippen LogP contribution >= 0.6 is 11.6 Å². The summed E-state index contributed by atoms with van der Waals surface area (Å²) in [5.41, 5.74) is 0.0994. The minimum atomic E-state index is -0.470. The van der Waals surface area contributed by atoms with E-state index in [2.05, 4.69) is 5.32 Å². The van der Waals surface area contributed by atoms with Gasteiger partial charge in [0.15, 0.2) is 6.61 Å². The molecule has 7 heteroatoms. The van der Waals surface area contributed by atoms with E-state index in [-0.39, 0.29) is 18.0 Å². The number of nitrogens with one attached hydrogen (secondary N) is 1. The van der Waals surface area contributed by atoms with Crippen LogP contribution in [0.1, 0.15) is 0 Å². The molecule has 0 aliphatic rings. The Hall–Kier alpha value is -2.99. The summed E-state index contributed by atoms with van der Waals surface area (Å²) < 4.78 is 10.4. The maximum atomic E-state index is 11.9. The average molecular weight is 346 g/mol. The second-order valence-electron chi connectivity index (χ2n) is 4.95. The minimum absolute atomic E-state index is 0.0970. The molecule has 1 aromatic heterocycles. The molecule has 2 aromatic carbocycles. The highest BCUT2D eigenvalue weighted by molar-refractivity contribution is 6.31. The molecule has 3 aromatic rings. The summed E-state index contributed by atoms with van der Waals surface area (Å²) in [6, 6.07) is 12.2. The van der Waals surface area contributed by atoms with Crippen molar-refractivity contribution >= 4 is 34.2 Å². The van der Waals surface area contributed by atoms with Crippen molar-refractivity contribution in [2.75, 3.05) is 11.9 Å². The molecule has 0 radical (unpaired) electrons. The molecule has 122 valence electrons. The standard InChI is InChI=1S/C17H12ClNO5/c18-11-3-5-14(20)13(7-11)19-16(21)9-23-12-4-1-10-2-6-17(22)24-15(10)8-12/h1-8,20H,9H2,(H,19,21). The van der Waals surface area contributed by atoms with Crippen LogP contribution in [0.2, 0.25) is 5.02 Å². The van der Waals surface area contributed by atoms with Crippen LogP contribution in [-0.2, 0) is 4.79 Å². The maximum absolute atomic E-state index is 11.9. The Morgan fingerprint density at radius 3 is 2.79 bits per heavy atom. The number of hydrogen-bond donors (Lipinski definition) is 2. The third-order valence-corrected chi connectivity index (χ3v) is 3.43. The van der Waals surface area contributed by atoms with Crippen molar-refractivity contribution in [3.8, 4) is 11.5 Å². The molecule has 0 atom stereocenters. The predicted octanol–water partition coefficient (Wildman–Crippen LogP) is 3.17. The zero-order chi connectivity index (χ0) is 17.1. The van der Waals surface area contributed by atoms with Gasteiger partial charge in [0, 0.05) is 22.5 Å². The number of fused-ring (bicyclic) bond motifs is 1. The van der Waals surface area contributed by atoms with E-state index in [0.717, 1.165) is 5.39 Å². The van der Waals surface area contributed by atoms with Crippen molar-refractivity contribution in [2.45, 2.75) is 0 Å². The lowest BCUT2D eigenvalue weighted by atomic mass is 10.2. The smallest absolute Gasteiger partial charge is 0.336 e. The van der Waals surface area contributed by atoms with E-state index in [1.807, 2.05) is 0 Å². The number of ether oxygens (including phenoxy) is 1. The molecule has 0 saturated carbocycles. The highest BCUT2D eigenvalue weighted by Crippen LogP contribution is 2.26.